The van der Waals surface area contributed by atoms with Gasteiger partial charge in [-0.1, -0.05) is 31.7 Å². The SMILES string of the molecule is COc1ccc(OC(C)c2nnc(SCC(=O)Nc3cc(F)ccc3C)n2CC(C)C)cc1. The number of thioether (sulfide) groups is 1. The van der Waals surface area contributed by atoms with Gasteiger partial charge in [0.2, 0.25) is 5.91 Å². The Kier molecular flexibility index (Phi) is 8.32. The lowest BCUT2D eigenvalue weighted by molar-refractivity contribution is -0.113. The lowest BCUT2D eigenvalue weighted by Crippen LogP contribution is -2.17. The van der Waals surface area contributed by atoms with Gasteiger partial charge in [0.1, 0.15) is 17.3 Å². The van der Waals surface area contributed by atoms with E-state index < -0.39 is 5.82 Å². The van der Waals surface area contributed by atoms with Crippen LogP contribution in [0.2, 0.25) is 0 Å². The van der Waals surface area contributed by atoms with Crippen molar-refractivity contribution in [2.75, 3.05) is 18.2 Å². The molecule has 176 valence electrons. The van der Waals surface area contributed by atoms with Gasteiger partial charge in [-0.3, -0.25) is 4.79 Å². The first-order chi connectivity index (χ1) is 15.8. The van der Waals surface area contributed by atoms with Crippen molar-refractivity contribution >= 4 is 23.4 Å². The number of nitrogens with zero attached hydrogens (tertiary/aromatic N) is 3. The Morgan fingerprint density at radius 2 is 1.82 bits per heavy atom. The van der Waals surface area contributed by atoms with E-state index in [0.29, 0.717) is 34.9 Å². The minimum Gasteiger partial charge on any atom is -0.497 e. The number of rotatable bonds is 10. The van der Waals surface area contributed by atoms with Crippen LogP contribution in [0.25, 0.3) is 0 Å². The van der Waals surface area contributed by atoms with Gasteiger partial charge >= 0.3 is 0 Å². The van der Waals surface area contributed by atoms with Crippen molar-refractivity contribution in [1.82, 2.24) is 14.8 Å². The Morgan fingerprint density at radius 3 is 2.48 bits per heavy atom. The van der Waals surface area contributed by atoms with Gasteiger partial charge in [0.15, 0.2) is 17.1 Å². The molecule has 0 radical (unpaired) electrons. The molecule has 3 rings (SSSR count). The monoisotopic (exact) mass is 472 g/mol. The highest BCUT2D eigenvalue weighted by atomic mass is 32.2. The summed E-state index contributed by atoms with van der Waals surface area (Å²) in [6.45, 7) is 8.63. The van der Waals surface area contributed by atoms with Crippen molar-refractivity contribution in [1.29, 1.82) is 0 Å². The highest BCUT2D eigenvalue weighted by Gasteiger charge is 2.21. The quantitative estimate of drug-likeness (QED) is 0.406. The molecule has 2 aromatic carbocycles. The molecule has 0 saturated heterocycles. The summed E-state index contributed by atoms with van der Waals surface area (Å²) in [5, 5.41) is 12.0. The molecule has 0 aliphatic heterocycles. The van der Waals surface area contributed by atoms with Crippen molar-refractivity contribution in [2.45, 2.75) is 45.5 Å². The molecule has 7 nitrogen and oxygen atoms in total. The minimum atomic E-state index is -0.393. The summed E-state index contributed by atoms with van der Waals surface area (Å²) in [5.41, 5.74) is 1.26. The third kappa shape index (κ3) is 6.71. The Morgan fingerprint density at radius 1 is 1.12 bits per heavy atom. The number of hydrogen-bond acceptors (Lipinski definition) is 6. The van der Waals surface area contributed by atoms with Gasteiger partial charge in [0.05, 0.1) is 12.9 Å². The molecule has 9 heteroatoms. The standard InChI is InChI=1S/C24H29FN4O3S/c1-15(2)13-29-23(17(4)32-20-10-8-19(31-5)9-11-20)27-28-24(29)33-14-22(30)26-21-12-18(25)7-6-16(21)3/h6-12,15,17H,13-14H2,1-5H3,(H,26,30). The highest BCUT2D eigenvalue weighted by molar-refractivity contribution is 7.99. The summed E-state index contributed by atoms with van der Waals surface area (Å²) in [7, 11) is 1.62. The van der Waals surface area contributed by atoms with Crippen LogP contribution in [0.5, 0.6) is 11.5 Å². The van der Waals surface area contributed by atoms with Gasteiger partial charge in [-0.2, -0.15) is 0 Å². The van der Waals surface area contributed by atoms with E-state index in [9.17, 15) is 9.18 Å². The molecular formula is C24H29FN4O3S. The first-order valence-electron chi connectivity index (χ1n) is 10.7. The third-order valence-electron chi connectivity index (χ3n) is 4.84. The van der Waals surface area contributed by atoms with E-state index in [1.807, 2.05) is 42.7 Å². The molecule has 0 aliphatic rings. The normalized spacial score (nSPS) is 12.0. The van der Waals surface area contributed by atoms with Gasteiger partial charge in [-0.15, -0.1) is 10.2 Å². The predicted octanol–water partition coefficient (Wildman–Crippen LogP) is 5.26. The molecule has 0 aliphatic carbocycles. The maximum atomic E-state index is 13.5. The second kappa shape index (κ2) is 11.2. The Labute approximate surface area is 197 Å². The fourth-order valence-electron chi connectivity index (χ4n) is 3.20. The molecule has 33 heavy (non-hydrogen) atoms. The molecule has 1 atom stereocenters. The second-order valence-electron chi connectivity index (χ2n) is 8.08. The molecule has 1 aromatic heterocycles. The number of nitrogens with one attached hydrogen (secondary N) is 1. The molecule has 0 bridgehead atoms. The number of halogens is 1. The van der Waals surface area contributed by atoms with E-state index in [0.717, 1.165) is 11.3 Å². The summed E-state index contributed by atoms with van der Waals surface area (Å²) in [6, 6.07) is 11.7. The summed E-state index contributed by atoms with van der Waals surface area (Å²) in [5.74, 6) is 1.97. The molecule has 0 saturated carbocycles. The van der Waals surface area contributed by atoms with Crippen LogP contribution in [0.15, 0.2) is 47.6 Å². The third-order valence-corrected chi connectivity index (χ3v) is 5.80. The van der Waals surface area contributed by atoms with Crippen LogP contribution in [0.4, 0.5) is 10.1 Å². The molecule has 1 N–H and O–H groups in total. The molecule has 0 spiro atoms. The number of aromatic nitrogens is 3. The van der Waals surface area contributed by atoms with Crippen LogP contribution in [0.1, 0.15) is 38.3 Å². The van der Waals surface area contributed by atoms with Gasteiger partial charge in [-0.05, 0) is 61.7 Å². The number of benzene rings is 2. The lowest BCUT2D eigenvalue weighted by Gasteiger charge is -2.18. The summed E-state index contributed by atoms with van der Waals surface area (Å²) < 4.78 is 26.7. The van der Waals surface area contributed by atoms with Crippen molar-refractivity contribution in [2.24, 2.45) is 5.92 Å². The summed E-state index contributed by atoms with van der Waals surface area (Å²) in [4.78, 5) is 12.5. The van der Waals surface area contributed by atoms with Crippen LogP contribution < -0.4 is 14.8 Å². The maximum Gasteiger partial charge on any atom is 0.234 e. The van der Waals surface area contributed by atoms with E-state index in [1.54, 1.807) is 13.2 Å². The van der Waals surface area contributed by atoms with E-state index in [2.05, 4.69) is 29.4 Å². The van der Waals surface area contributed by atoms with E-state index in [-0.39, 0.29) is 17.8 Å². The van der Waals surface area contributed by atoms with Crippen LogP contribution in [0, 0.1) is 18.7 Å². The molecular weight excluding hydrogens is 443 g/mol. The highest BCUT2D eigenvalue weighted by Crippen LogP contribution is 2.27. The Hall–Kier alpha value is -3.07. The van der Waals surface area contributed by atoms with E-state index >= 15 is 0 Å². The van der Waals surface area contributed by atoms with Gasteiger partial charge in [-0.25, -0.2) is 4.39 Å². The Balaban J connectivity index is 1.70. The smallest absolute Gasteiger partial charge is 0.234 e. The number of aryl methyl sites for hydroxylation is 1. The minimum absolute atomic E-state index is 0.125. The number of hydrogen-bond donors (Lipinski definition) is 1. The average Bonchev–Trinajstić information content (AvgIpc) is 3.17. The largest absolute Gasteiger partial charge is 0.497 e. The topological polar surface area (TPSA) is 78.3 Å². The molecule has 0 fully saturated rings. The summed E-state index contributed by atoms with van der Waals surface area (Å²) >= 11 is 1.29. The maximum absolute atomic E-state index is 13.5. The number of ether oxygens (including phenoxy) is 2. The van der Waals surface area contributed by atoms with E-state index in [4.69, 9.17) is 9.47 Å². The molecule has 3 aromatic rings. The number of carbonyl (C=O) groups is 1. The Bertz CT molecular complexity index is 1090. The van der Waals surface area contributed by atoms with Gasteiger partial charge in [0, 0.05) is 12.2 Å². The van der Waals surface area contributed by atoms with Crippen LogP contribution in [0.3, 0.4) is 0 Å². The zero-order valence-corrected chi connectivity index (χ0v) is 20.3. The van der Waals surface area contributed by atoms with Crippen molar-refractivity contribution in [3.63, 3.8) is 0 Å². The second-order valence-corrected chi connectivity index (χ2v) is 9.02. The van der Waals surface area contributed by atoms with Crippen molar-refractivity contribution in [3.05, 3.63) is 59.7 Å². The first kappa shape index (κ1) is 24.6. The number of anilines is 1. The van der Waals surface area contributed by atoms with E-state index in [1.165, 1.54) is 23.9 Å². The predicted molar refractivity (Wildman–Crippen MR) is 127 cm³/mol. The molecule has 1 unspecified atom stereocenters. The molecule has 1 heterocycles. The number of amides is 1. The van der Waals surface area contributed by atoms with Crippen LogP contribution >= 0.6 is 11.8 Å². The zero-order chi connectivity index (χ0) is 24.0. The first-order valence-corrected chi connectivity index (χ1v) is 11.7. The zero-order valence-electron chi connectivity index (χ0n) is 19.5. The average molecular weight is 473 g/mol. The lowest BCUT2D eigenvalue weighted by atomic mass is 10.2. The van der Waals surface area contributed by atoms with Crippen molar-refractivity contribution < 1.29 is 18.7 Å². The van der Waals surface area contributed by atoms with Gasteiger partial charge in [0.25, 0.3) is 0 Å². The fourth-order valence-corrected chi connectivity index (χ4v) is 3.96. The number of carbonyl (C=O) groups excluding carboxylic acids is 1. The van der Waals surface area contributed by atoms with Gasteiger partial charge < -0.3 is 19.4 Å². The van der Waals surface area contributed by atoms with Crippen LogP contribution in [-0.4, -0.2) is 33.5 Å². The van der Waals surface area contributed by atoms with Crippen LogP contribution in [-0.2, 0) is 11.3 Å². The van der Waals surface area contributed by atoms with Crippen molar-refractivity contribution in [3.8, 4) is 11.5 Å². The number of methoxy groups -OCH3 is 1. The summed E-state index contributed by atoms with van der Waals surface area (Å²) in [6.07, 6.45) is -0.345. The molecule has 1 amide bonds. The fraction of sp³-hybridized carbons (Fsp3) is 0.375.